The van der Waals surface area contributed by atoms with Crippen LogP contribution in [0.3, 0.4) is 0 Å². The van der Waals surface area contributed by atoms with Crippen molar-refractivity contribution in [3.05, 3.63) is 20.2 Å². The molecule has 0 aliphatic rings. The van der Waals surface area contributed by atoms with Crippen molar-refractivity contribution in [2.45, 2.75) is 11.8 Å². The lowest BCUT2D eigenvalue weighted by Crippen LogP contribution is -1.92. The Morgan fingerprint density at radius 1 is 1.43 bits per heavy atom. The molecule has 0 atom stereocenters. The third kappa shape index (κ3) is 1.82. The molecule has 76 valence electrons. The second-order valence-electron chi connectivity index (χ2n) is 2.17. The van der Waals surface area contributed by atoms with E-state index < -0.39 is 21.5 Å². The van der Waals surface area contributed by atoms with E-state index in [9.17, 15) is 20.2 Å². The Labute approximate surface area is 82.0 Å². The Balaban J connectivity index is 3.19. The van der Waals surface area contributed by atoms with Gasteiger partial charge in [0.15, 0.2) is 0 Å². The molecule has 9 heteroatoms. The highest BCUT2D eigenvalue weighted by Crippen LogP contribution is 2.34. The normalized spacial score (nSPS) is 10.1. The van der Waals surface area contributed by atoms with Gasteiger partial charge in [-0.3, -0.25) is 0 Å². The third-order valence-electron chi connectivity index (χ3n) is 1.33. The van der Waals surface area contributed by atoms with Crippen LogP contribution in [0, 0.1) is 20.2 Å². The van der Waals surface area contributed by atoms with Gasteiger partial charge in [0, 0.05) is 0 Å². The smallest absolute Gasteiger partial charge is 0.358 e. The summed E-state index contributed by atoms with van der Waals surface area (Å²) in [7, 11) is 0. The Kier molecular flexibility index (Phi) is 3.02. The minimum absolute atomic E-state index is 0.0255. The summed E-state index contributed by atoms with van der Waals surface area (Å²) in [6.45, 7) is 1.74. The fourth-order valence-corrected chi connectivity index (χ4v) is 1.63. The molecule has 0 amide bonds. The number of aromatic amines is 1. The first-order chi connectivity index (χ1) is 6.57. The van der Waals surface area contributed by atoms with Crippen LogP contribution in [0.1, 0.15) is 6.92 Å². The number of H-pyrrole nitrogens is 1. The van der Waals surface area contributed by atoms with Crippen LogP contribution >= 0.6 is 11.8 Å². The molecule has 0 aliphatic heterocycles. The molecular formula is C5H6N4O4S. The molecule has 1 aromatic rings. The predicted octanol–water partition coefficient (Wildman–Crippen LogP) is 1.34. The van der Waals surface area contributed by atoms with Crippen molar-refractivity contribution >= 4 is 23.4 Å². The van der Waals surface area contributed by atoms with E-state index in [0.29, 0.717) is 5.75 Å². The Morgan fingerprint density at radius 2 is 2.07 bits per heavy atom. The highest BCUT2D eigenvalue weighted by atomic mass is 32.2. The topological polar surface area (TPSA) is 115 Å². The van der Waals surface area contributed by atoms with Gasteiger partial charge in [-0.05, 0) is 20.7 Å². The van der Waals surface area contributed by atoms with Crippen molar-refractivity contribution in [2.24, 2.45) is 0 Å². The van der Waals surface area contributed by atoms with Gasteiger partial charge in [-0.15, -0.1) is 11.8 Å². The molecule has 0 saturated heterocycles. The third-order valence-corrected chi connectivity index (χ3v) is 2.28. The van der Waals surface area contributed by atoms with Gasteiger partial charge in [0.05, 0.1) is 0 Å². The van der Waals surface area contributed by atoms with Gasteiger partial charge in [-0.25, -0.2) is 0 Å². The number of aromatic nitrogens is 2. The zero-order chi connectivity index (χ0) is 10.7. The lowest BCUT2D eigenvalue weighted by atomic mass is 10.6. The van der Waals surface area contributed by atoms with E-state index in [1.54, 1.807) is 6.92 Å². The van der Waals surface area contributed by atoms with Gasteiger partial charge in [0.25, 0.3) is 0 Å². The second kappa shape index (κ2) is 4.05. The zero-order valence-electron chi connectivity index (χ0n) is 7.09. The van der Waals surface area contributed by atoms with Crippen LogP contribution < -0.4 is 0 Å². The maximum atomic E-state index is 10.4. The number of hydrogen-bond acceptors (Lipinski definition) is 6. The summed E-state index contributed by atoms with van der Waals surface area (Å²) in [6.07, 6.45) is 0. The van der Waals surface area contributed by atoms with E-state index in [1.165, 1.54) is 0 Å². The summed E-state index contributed by atoms with van der Waals surface area (Å²) >= 11 is 1.01. The highest BCUT2D eigenvalue weighted by Gasteiger charge is 2.31. The molecule has 1 heterocycles. The van der Waals surface area contributed by atoms with Gasteiger partial charge in [-0.1, -0.05) is 6.92 Å². The molecule has 1 aromatic heterocycles. The summed E-state index contributed by atoms with van der Waals surface area (Å²) in [5.41, 5.74) is 0. The van der Waals surface area contributed by atoms with Crippen molar-refractivity contribution in [1.82, 2.24) is 10.2 Å². The van der Waals surface area contributed by atoms with Crippen molar-refractivity contribution in [1.29, 1.82) is 0 Å². The van der Waals surface area contributed by atoms with Gasteiger partial charge >= 0.3 is 11.6 Å². The molecule has 1 N–H and O–H groups in total. The van der Waals surface area contributed by atoms with Gasteiger partial charge in [-0.2, -0.15) is 0 Å². The Bertz CT molecular complexity index is 344. The number of nitrogens with one attached hydrogen (secondary N) is 1. The monoisotopic (exact) mass is 218 g/mol. The van der Waals surface area contributed by atoms with Crippen molar-refractivity contribution < 1.29 is 9.85 Å². The molecule has 1 rings (SSSR count). The first-order valence-electron chi connectivity index (χ1n) is 3.57. The predicted molar refractivity (Wildman–Crippen MR) is 48.3 cm³/mol. The molecule has 0 aromatic carbocycles. The number of nitrogens with zero attached hydrogens (tertiary/aromatic N) is 3. The van der Waals surface area contributed by atoms with E-state index in [4.69, 9.17) is 0 Å². The van der Waals surface area contributed by atoms with Gasteiger partial charge in [0.1, 0.15) is 5.10 Å². The molecule has 14 heavy (non-hydrogen) atoms. The average molecular weight is 218 g/mol. The number of hydrogen-bond donors (Lipinski definition) is 1. The van der Waals surface area contributed by atoms with Gasteiger partial charge in [0.2, 0.25) is 4.90 Å². The maximum absolute atomic E-state index is 10.4. The van der Waals surface area contributed by atoms with Crippen molar-refractivity contribution in [2.75, 3.05) is 5.75 Å². The molecule has 8 nitrogen and oxygen atoms in total. The lowest BCUT2D eigenvalue weighted by Gasteiger charge is -1.94. The van der Waals surface area contributed by atoms with Crippen LogP contribution in [0.25, 0.3) is 0 Å². The summed E-state index contributed by atoms with van der Waals surface area (Å²) in [4.78, 5) is 19.4. The molecule has 0 saturated carbocycles. The van der Waals surface area contributed by atoms with Crippen LogP contribution in [0.2, 0.25) is 0 Å². The van der Waals surface area contributed by atoms with E-state index in [2.05, 4.69) is 5.10 Å². The molecule has 0 bridgehead atoms. The zero-order valence-corrected chi connectivity index (χ0v) is 7.91. The molecular weight excluding hydrogens is 212 g/mol. The molecule has 0 radical (unpaired) electrons. The van der Waals surface area contributed by atoms with Crippen LogP contribution in [0.15, 0.2) is 4.90 Å². The average Bonchev–Trinajstić information content (AvgIpc) is 2.48. The molecule has 0 fully saturated rings. The minimum Gasteiger partial charge on any atom is -0.358 e. The fourth-order valence-electron chi connectivity index (χ4n) is 0.838. The summed E-state index contributed by atoms with van der Waals surface area (Å²) < 4.78 is 0. The van der Waals surface area contributed by atoms with E-state index in [0.717, 1.165) is 11.8 Å². The van der Waals surface area contributed by atoms with Crippen molar-refractivity contribution in [3.63, 3.8) is 0 Å². The van der Waals surface area contributed by atoms with E-state index >= 15 is 0 Å². The number of nitro groups is 2. The first-order valence-corrected chi connectivity index (χ1v) is 4.56. The lowest BCUT2D eigenvalue weighted by molar-refractivity contribution is -0.399. The summed E-state index contributed by atoms with van der Waals surface area (Å²) in [6, 6.07) is 0. The van der Waals surface area contributed by atoms with Crippen LogP contribution in [-0.4, -0.2) is 25.8 Å². The Hall–Kier alpha value is -1.64. The maximum Gasteiger partial charge on any atom is 0.433 e. The quantitative estimate of drug-likeness (QED) is 0.463. The highest BCUT2D eigenvalue weighted by molar-refractivity contribution is 7.99. The fraction of sp³-hybridized carbons (Fsp3) is 0.400. The van der Waals surface area contributed by atoms with Gasteiger partial charge < -0.3 is 20.2 Å². The number of rotatable bonds is 4. The first kappa shape index (κ1) is 10.4. The summed E-state index contributed by atoms with van der Waals surface area (Å²) in [5.74, 6) is -0.423. The van der Waals surface area contributed by atoms with Crippen LogP contribution in [0.5, 0.6) is 0 Å². The molecule has 0 unspecified atom stereocenters. The summed E-state index contributed by atoms with van der Waals surface area (Å²) in [5, 5.41) is 26.1. The number of thioether (sulfide) groups is 1. The molecule has 0 spiro atoms. The Morgan fingerprint density at radius 3 is 2.50 bits per heavy atom. The van der Waals surface area contributed by atoms with Crippen LogP contribution in [-0.2, 0) is 0 Å². The minimum atomic E-state index is -0.749. The molecule has 0 aliphatic carbocycles. The largest absolute Gasteiger partial charge is 0.433 e. The standard InChI is InChI=1S/C5H6N4O4S/c1-2-14-3-4(8(10)11)6-7-5(3)9(12)13/h2H2,1H3,(H,6,7). The second-order valence-corrected chi connectivity index (χ2v) is 3.45. The SMILES string of the molecule is CCSc1c([N+](=O)[O-])n[nH]c1[N+](=O)[O-]. The van der Waals surface area contributed by atoms with E-state index in [1.807, 2.05) is 5.10 Å². The van der Waals surface area contributed by atoms with Crippen molar-refractivity contribution in [3.8, 4) is 0 Å². The van der Waals surface area contributed by atoms with Crippen LogP contribution in [0.4, 0.5) is 11.6 Å². The van der Waals surface area contributed by atoms with E-state index in [-0.39, 0.29) is 4.90 Å².